The van der Waals surface area contributed by atoms with E-state index in [4.69, 9.17) is 5.73 Å². The number of hydrogen-bond donors (Lipinski definition) is 3. The van der Waals surface area contributed by atoms with Crippen LogP contribution < -0.4 is 5.73 Å². The van der Waals surface area contributed by atoms with Crippen LogP contribution in [0, 0.1) is 0 Å². The molecule has 0 unspecified atom stereocenters. The maximum atomic E-state index is 9.90. The highest BCUT2D eigenvalue weighted by Crippen LogP contribution is 2.11. The predicted molar refractivity (Wildman–Crippen MR) is 73.7 cm³/mol. The Kier molecular flexibility index (Phi) is 3.85. The van der Waals surface area contributed by atoms with Crippen molar-refractivity contribution in [2.45, 2.75) is 12.8 Å². The van der Waals surface area contributed by atoms with Gasteiger partial charge in [-0.2, -0.15) is 9.11 Å². The minimum atomic E-state index is -2.97. The van der Waals surface area contributed by atoms with Crippen LogP contribution in [0.4, 0.5) is 0 Å². The molecule has 7 heteroatoms. The van der Waals surface area contributed by atoms with Gasteiger partial charge in [0.15, 0.2) is 10.2 Å². The third kappa shape index (κ3) is 3.22. The van der Waals surface area contributed by atoms with Crippen LogP contribution in [0.15, 0.2) is 45.6 Å². The molecule has 1 aromatic carbocycles. The molecule has 0 aliphatic carbocycles. The van der Waals surface area contributed by atoms with Crippen LogP contribution in [0.25, 0.3) is 0 Å². The van der Waals surface area contributed by atoms with Crippen LogP contribution >= 0.6 is 0 Å². The Morgan fingerprint density at radius 3 is 2.44 bits per heavy atom. The quantitative estimate of drug-likeness (QED) is 0.570. The van der Waals surface area contributed by atoms with Gasteiger partial charge in [0.05, 0.1) is 0 Å². The Labute approximate surface area is 106 Å². The van der Waals surface area contributed by atoms with Crippen molar-refractivity contribution in [2.24, 2.45) is 21.0 Å². The van der Waals surface area contributed by atoms with Crippen molar-refractivity contribution in [3.05, 3.63) is 35.9 Å². The van der Waals surface area contributed by atoms with Crippen LogP contribution in [0.2, 0.25) is 0 Å². The molecule has 6 nitrogen and oxygen atoms in total. The van der Waals surface area contributed by atoms with Crippen molar-refractivity contribution in [2.75, 3.05) is 5.75 Å². The minimum absolute atomic E-state index is 0.0342. The highest BCUT2D eigenvalue weighted by Gasteiger charge is 2.28. The lowest BCUT2D eigenvalue weighted by molar-refractivity contribution is 0.496. The van der Waals surface area contributed by atoms with Gasteiger partial charge in [-0.15, -0.1) is 10.1 Å². The second kappa shape index (κ2) is 5.38. The molecule has 1 heterocycles. The lowest BCUT2D eigenvalue weighted by atomic mass is 10.1. The maximum Gasteiger partial charge on any atom is 0.388 e. The molecule has 0 bridgehead atoms. The van der Waals surface area contributed by atoms with Crippen molar-refractivity contribution in [3.63, 3.8) is 0 Å². The van der Waals surface area contributed by atoms with E-state index in [1.165, 1.54) is 0 Å². The molecule has 2 rings (SSSR count). The Balaban J connectivity index is 1.97. The molecule has 1 aromatic rings. The van der Waals surface area contributed by atoms with Crippen LogP contribution in [-0.2, 0) is 16.6 Å². The van der Waals surface area contributed by atoms with E-state index in [1.54, 1.807) is 0 Å². The van der Waals surface area contributed by atoms with Gasteiger partial charge >= 0.3 is 5.11 Å². The van der Waals surface area contributed by atoms with E-state index >= 15 is 0 Å². The normalized spacial score (nSPS) is 15.0. The minimum Gasteiger partial charge on any atom is -0.366 e. The smallest absolute Gasteiger partial charge is 0.366 e. The van der Waals surface area contributed by atoms with Gasteiger partial charge in [-0.1, -0.05) is 35.4 Å². The summed E-state index contributed by atoms with van der Waals surface area (Å²) in [6.07, 6.45) is 1.42. The number of guanidine groups is 1. The van der Waals surface area contributed by atoms with E-state index in [9.17, 15) is 9.11 Å². The highest BCUT2D eigenvalue weighted by molar-refractivity contribution is 8.03. The van der Waals surface area contributed by atoms with E-state index in [2.05, 4.69) is 15.2 Å². The highest BCUT2D eigenvalue weighted by atomic mass is 32.3. The van der Waals surface area contributed by atoms with Crippen LogP contribution in [-0.4, -0.2) is 25.9 Å². The first-order chi connectivity index (χ1) is 8.58. The monoisotopic (exact) mass is 267 g/mol. The van der Waals surface area contributed by atoms with Crippen molar-refractivity contribution < 1.29 is 9.11 Å². The zero-order valence-electron chi connectivity index (χ0n) is 9.73. The van der Waals surface area contributed by atoms with Gasteiger partial charge in [-0.3, -0.25) is 0 Å². The fraction of sp³-hybridized carbons (Fsp3) is 0.273. The molecule has 4 N–H and O–H groups in total. The zero-order valence-corrected chi connectivity index (χ0v) is 10.5. The first-order valence-electron chi connectivity index (χ1n) is 5.51. The van der Waals surface area contributed by atoms with Crippen LogP contribution in [0.5, 0.6) is 0 Å². The molecule has 96 valence electrons. The average Bonchev–Trinajstić information content (AvgIpc) is 2.78. The number of hydrogen-bond acceptors (Lipinski definition) is 4. The average molecular weight is 267 g/mol. The summed E-state index contributed by atoms with van der Waals surface area (Å²) in [4.78, 5) is 3.70. The standard InChI is InChI=1S/C11H15N4O2S/c12-10-13-11(15-14-10)18(16,17)8-4-7-9-5-2-1-3-6-9/h1-3,5-6,16-17H,4,7-8H2,(H2,12,13)/q+1. The number of aryl methyl sites for hydroxylation is 1. The molecule has 0 amide bonds. The molecule has 0 fully saturated rings. The Morgan fingerprint density at radius 1 is 1.11 bits per heavy atom. The number of aliphatic imine (C=N–C) groups is 1. The summed E-state index contributed by atoms with van der Waals surface area (Å²) in [7, 11) is -2.97. The van der Waals surface area contributed by atoms with Gasteiger partial charge in [-0.05, 0) is 18.4 Å². The van der Waals surface area contributed by atoms with Crippen molar-refractivity contribution in [3.8, 4) is 0 Å². The zero-order chi connectivity index (χ0) is 13.0. The Morgan fingerprint density at radius 2 is 1.83 bits per heavy atom. The predicted octanol–water partition coefficient (Wildman–Crippen LogP) is 1.59. The number of nitrogens with zero attached hydrogens (tertiary/aromatic N) is 3. The second-order valence-electron chi connectivity index (χ2n) is 3.91. The maximum absolute atomic E-state index is 9.90. The molecule has 0 saturated heterocycles. The molecule has 18 heavy (non-hydrogen) atoms. The van der Waals surface area contributed by atoms with Gasteiger partial charge in [0.1, 0.15) is 5.75 Å². The molecular weight excluding hydrogens is 252 g/mol. The fourth-order valence-electron chi connectivity index (χ4n) is 1.59. The van der Waals surface area contributed by atoms with Gasteiger partial charge in [0.2, 0.25) is 5.96 Å². The van der Waals surface area contributed by atoms with Gasteiger partial charge < -0.3 is 5.73 Å². The topological polar surface area (TPSA) is 104 Å². The summed E-state index contributed by atoms with van der Waals surface area (Å²) in [6, 6.07) is 9.87. The summed E-state index contributed by atoms with van der Waals surface area (Å²) >= 11 is 0. The van der Waals surface area contributed by atoms with Gasteiger partial charge in [-0.25, -0.2) is 0 Å². The van der Waals surface area contributed by atoms with Crippen LogP contribution in [0.1, 0.15) is 12.0 Å². The van der Waals surface area contributed by atoms with Crippen molar-refractivity contribution in [1.29, 1.82) is 0 Å². The third-order valence-corrected chi connectivity index (χ3v) is 4.09. The number of benzene rings is 1. The lowest BCUT2D eigenvalue weighted by Gasteiger charge is -2.04. The van der Waals surface area contributed by atoms with Crippen LogP contribution in [0.3, 0.4) is 0 Å². The van der Waals surface area contributed by atoms with E-state index in [0.717, 1.165) is 12.0 Å². The first-order valence-corrected chi connectivity index (χ1v) is 7.22. The second-order valence-corrected chi connectivity index (χ2v) is 6.02. The molecular formula is C11H15N4O2S+. The SMILES string of the molecule is NC1=NC(=[S+](O)(O)CCCc2ccccc2)N=N1. The molecule has 0 radical (unpaired) electrons. The molecule has 0 atom stereocenters. The van der Waals surface area contributed by atoms with E-state index < -0.39 is 10.2 Å². The van der Waals surface area contributed by atoms with E-state index in [-0.39, 0.29) is 16.8 Å². The summed E-state index contributed by atoms with van der Waals surface area (Å²) in [5.41, 5.74) is 6.46. The number of rotatable bonds is 4. The number of nitrogens with two attached hydrogens (primary N) is 1. The van der Waals surface area contributed by atoms with Crippen molar-refractivity contribution in [1.82, 2.24) is 0 Å². The lowest BCUT2D eigenvalue weighted by Crippen LogP contribution is -2.22. The van der Waals surface area contributed by atoms with Gasteiger partial charge in [0.25, 0.3) is 0 Å². The largest absolute Gasteiger partial charge is 0.388 e. The molecule has 0 spiro atoms. The number of azo groups is 1. The third-order valence-electron chi connectivity index (χ3n) is 2.48. The Hall–Kier alpha value is -1.57. The molecule has 0 aromatic heterocycles. The summed E-state index contributed by atoms with van der Waals surface area (Å²) < 4.78 is 19.8. The summed E-state index contributed by atoms with van der Waals surface area (Å²) in [6.45, 7) is 0. The Bertz CT molecular complexity index is 533. The summed E-state index contributed by atoms with van der Waals surface area (Å²) in [5.74, 6) is 0.181. The van der Waals surface area contributed by atoms with E-state index in [1.807, 2.05) is 30.3 Å². The van der Waals surface area contributed by atoms with Crippen molar-refractivity contribution >= 4 is 21.3 Å². The molecule has 0 saturated carbocycles. The van der Waals surface area contributed by atoms with E-state index in [0.29, 0.717) is 6.42 Å². The van der Waals surface area contributed by atoms with Gasteiger partial charge in [0, 0.05) is 0 Å². The first kappa shape index (κ1) is 12.9. The summed E-state index contributed by atoms with van der Waals surface area (Å²) in [5, 5.41) is 6.97. The molecule has 1 aliphatic rings. The fourth-order valence-corrected chi connectivity index (χ4v) is 2.73. The molecule has 1 aliphatic heterocycles.